The standard InChI is InChI=1S/C15H18F3NO3/c1-10(7-14(21)22)9-19-13(20)8-12(15(16,17)18)11-5-3-2-4-6-11/h2-6,10,12H,7-9H2,1H3,(H,19,20)(H,21,22). The molecular weight excluding hydrogens is 299 g/mol. The molecule has 0 bridgehead atoms. The van der Waals surface area contributed by atoms with Gasteiger partial charge < -0.3 is 10.4 Å². The summed E-state index contributed by atoms with van der Waals surface area (Å²) >= 11 is 0. The highest BCUT2D eigenvalue weighted by molar-refractivity contribution is 5.77. The van der Waals surface area contributed by atoms with Crippen LogP contribution in [0.5, 0.6) is 0 Å². The van der Waals surface area contributed by atoms with Crippen molar-refractivity contribution in [3.8, 4) is 0 Å². The van der Waals surface area contributed by atoms with Gasteiger partial charge in [-0.3, -0.25) is 9.59 Å². The van der Waals surface area contributed by atoms with Crippen LogP contribution >= 0.6 is 0 Å². The summed E-state index contributed by atoms with van der Waals surface area (Å²) in [6.07, 6.45) is -5.39. The molecule has 1 aromatic carbocycles. The molecule has 0 heterocycles. The lowest BCUT2D eigenvalue weighted by molar-refractivity contribution is -0.157. The molecule has 1 amide bonds. The minimum atomic E-state index is -4.52. The molecule has 0 aromatic heterocycles. The Balaban J connectivity index is 2.64. The molecule has 2 unspecified atom stereocenters. The highest BCUT2D eigenvalue weighted by Gasteiger charge is 2.41. The van der Waals surface area contributed by atoms with E-state index < -0.39 is 30.4 Å². The van der Waals surface area contributed by atoms with Gasteiger partial charge in [-0.1, -0.05) is 37.3 Å². The van der Waals surface area contributed by atoms with Gasteiger partial charge in [0.05, 0.1) is 5.92 Å². The van der Waals surface area contributed by atoms with Gasteiger partial charge in [-0.25, -0.2) is 0 Å². The predicted molar refractivity (Wildman–Crippen MR) is 74.3 cm³/mol. The Hall–Kier alpha value is -2.05. The number of alkyl halides is 3. The molecule has 0 saturated carbocycles. The summed E-state index contributed by atoms with van der Waals surface area (Å²) in [4.78, 5) is 22.2. The van der Waals surface area contributed by atoms with Crippen LogP contribution in [0, 0.1) is 5.92 Å². The number of aliphatic carboxylic acids is 1. The van der Waals surface area contributed by atoms with Crippen LogP contribution in [-0.4, -0.2) is 29.7 Å². The quantitative estimate of drug-likeness (QED) is 0.812. The van der Waals surface area contributed by atoms with Crippen molar-refractivity contribution in [2.45, 2.75) is 31.9 Å². The zero-order chi connectivity index (χ0) is 16.8. The van der Waals surface area contributed by atoms with Gasteiger partial charge in [0.2, 0.25) is 5.91 Å². The van der Waals surface area contributed by atoms with Crippen LogP contribution in [0.25, 0.3) is 0 Å². The largest absolute Gasteiger partial charge is 0.481 e. The van der Waals surface area contributed by atoms with Crippen molar-refractivity contribution in [2.75, 3.05) is 6.54 Å². The van der Waals surface area contributed by atoms with E-state index in [0.29, 0.717) is 0 Å². The second kappa shape index (κ2) is 7.82. The van der Waals surface area contributed by atoms with Crippen LogP contribution in [-0.2, 0) is 9.59 Å². The molecule has 0 fully saturated rings. The van der Waals surface area contributed by atoms with Gasteiger partial charge in [-0.05, 0) is 11.5 Å². The fraction of sp³-hybridized carbons (Fsp3) is 0.467. The lowest BCUT2D eigenvalue weighted by Gasteiger charge is -2.20. The van der Waals surface area contributed by atoms with Crippen molar-refractivity contribution in [2.24, 2.45) is 5.92 Å². The van der Waals surface area contributed by atoms with Gasteiger partial charge in [0.15, 0.2) is 0 Å². The van der Waals surface area contributed by atoms with Crippen LogP contribution < -0.4 is 5.32 Å². The summed E-state index contributed by atoms with van der Waals surface area (Å²) in [5.41, 5.74) is 0.0312. The van der Waals surface area contributed by atoms with Crippen LogP contribution in [0.3, 0.4) is 0 Å². The van der Waals surface area contributed by atoms with E-state index >= 15 is 0 Å². The van der Waals surface area contributed by atoms with Crippen LogP contribution in [0.1, 0.15) is 31.2 Å². The topological polar surface area (TPSA) is 66.4 Å². The Morgan fingerprint density at radius 1 is 1.18 bits per heavy atom. The summed E-state index contributed by atoms with van der Waals surface area (Å²) in [6.45, 7) is 1.64. The molecule has 0 spiro atoms. The van der Waals surface area contributed by atoms with Gasteiger partial charge >= 0.3 is 12.1 Å². The molecule has 7 heteroatoms. The van der Waals surface area contributed by atoms with Gasteiger partial charge in [0, 0.05) is 19.4 Å². The average molecular weight is 317 g/mol. The van der Waals surface area contributed by atoms with E-state index in [-0.39, 0.29) is 24.4 Å². The number of hydrogen-bond donors (Lipinski definition) is 2. The maximum absolute atomic E-state index is 13.1. The maximum Gasteiger partial charge on any atom is 0.396 e. The SMILES string of the molecule is CC(CNC(=O)CC(c1ccccc1)C(F)(F)F)CC(=O)O. The molecule has 122 valence electrons. The number of nitrogens with one attached hydrogen (secondary N) is 1. The Kier molecular flexibility index (Phi) is 6.39. The second-order valence-electron chi connectivity index (χ2n) is 5.22. The monoisotopic (exact) mass is 317 g/mol. The Bertz CT molecular complexity index is 503. The first-order valence-electron chi connectivity index (χ1n) is 6.80. The van der Waals surface area contributed by atoms with Crippen molar-refractivity contribution in [1.82, 2.24) is 5.32 Å². The number of amides is 1. The predicted octanol–water partition coefficient (Wildman–Crippen LogP) is 2.95. The molecular formula is C15H18F3NO3. The molecule has 2 atom stereocenters. The normalized spacial score (nSPS) is 14.2. The van der Waals surface area contributed by atoms with E-state index in [2.05, 4.69) is 5.32 Å². The fourth-order valence-corrected chi connectivity index (χ4v) is 2.02. The number of halogens is 3. The first-order chi connectivity index (χ1) is 10.2. The summed E-state index contributed by atoms with van der Waals surface area (Å²) < 4.78 is 39.2. The third kappa shape index (κ3) is 6.15. The van der Waals surface area contributed by atoms with E-state index in [9.17, 15) is 22.8 Å². The Labute approximate surface area is 126 Å². The molecule has 22 heavy (non-hydrogen) atoms. The number of carboxylic acid groups (broad SMARTS) is 1. The number of hydrogen-bond acceptors (Lipinski definition) is 2. The number of rotatable bonds is 7. The van der Waals surface area contributed by atoms with Crippen LogP contribution in [0.15, 0.2) is 30.3 Å². The lowest BCUT2D eigenvalue weighted by atomic mass is 9.94. The minimum absolute atomic E-state index is 0.0312. The van der Waals surface area contributed by atoms with Crippen molar-refractivity contribution >= 4 is 11.9 Å². The van der Waals surface area contributed by atoms with Crippen LogP contribution in [0.2, 0.25) is 0 Å². The van der Waals surface area contributed by atoms with Crippen molar-refractivity contribution in [3.05, 3.63) is 35.9 Å². The average Bonchev–Trinajstić information content (AvgIpc) is 2.41. The molecule has 1 rings (SSSR count). The van der Waals surface area contributed by atoms with Crippen molar-refractivity contribution in [1.29, 1.82) is 0 Å². The van der Waals surface area contributed by atoms with E-state index in [1.54, 1.807) is 13.0 Å². The summed E-state index contributed by atoms with van der Waals surface area (Å²) in [5.74, 6) is -3.98. The number of carbonyl (C=O) groups excluding carboxylic acids is 1. The smallest absolute Gasteiger partial charge is 0.396 e. The van der Waals surface area contributed by atoms with Gasteiger partial charge in [-0.2, -0.15) is 13.2 Å². The Morgan fingerprint density at radius 2 is 1.77 bits per heavy atom. The number of benzene rings is 1. The summed E-state index contributed by atoms with van der Waals surface area (Å²) in [7, 11) is 0. The van der Waals surface area contributed by atoms with E-state index in [4.69, 9.17) is 5.11 Å². The molecule has 2 N–H and O–H groups in total. The molecule has 0 aliphatic carbocycles. The molecule has 0 aliphatic heterocycles. The molecule has 1 aromatic rings. The van der Waals surface area contributed by atoms with Gasteiger partial charge in [-0.15, -0.1) is 0 Å². The Morgan fingerprint density at radius 3 is 2.27 bits per heavy atom. The first kappa shape index (κ1) is 18.0. The highest BCUT2D eigenvalue weighted by Crippen LogP contribution is 2.37. The lowest BCUT2D eigenvalue weighted by Crippen LogP contribution is -2.33. The summed E-state index contributed by atoms with van der Waals surface area (Å²) in [6, 6.07) is 7.24. The second-order valence-corrected chi connectivity index (χ2v) is 5.22. The fourth-order valence-electron chi connectivity index (χ4n) is 2.02. The first-order valence-corrected chi connectivity index (χ1v) is 6.80. The summed E-state index contributed by atoms with van der Waals surface area (Å²) in [5, 5.41) is 10.9. The third-order valence-corrected chi connectivity index (χ3v) is 3.16. The van der Waals surface area contributed by atoms with E-state index in [1.165, 1.54) is 24.3 Å². The van der Waals surface area contributed by atoms with Crippen molar-refractivity contribution < 1.29 is 27.9 Å². The minimum Gasteiger partial charge on any atom is -0.481 e. The molecule has 0 aliphatic rings. The van der Waals surface area contributed by atoms with Crippen molar-refractivity contribution in [3.63, 3.8) is 0 Å². The van der Waals surface area contributed by atoms with Gasteiger partial charge in [0.25, 0.3) is 0 Å². The number of carbonyl (C=O) groups is 2. The molecule has 0 radical (unpaired) electrons. The van der Waals surface area contributed by atoms with Crippen LogP contribution in [0.4, 0.5) is 13.2 Å². The maximum atomic E-state index is 13.1. The zero-order valence-electron chi connectivity index (χ0n) is 12.1. The molecule has 0 saturated heterocycles. The highest BCUT2D eigenvalue weighted by atomic mass is 19.4. The zero-order valence-corrected chi connectivity index (χ0v) is 12.1. The van der Waals surface area contributed by atoms with Gasteiger partial charge in [0.1, 0.15) is 0 Å². The third-order valence-electron chi connectivity index (χ3n) is 3.16. The molecule has 4 nitrogen and oxygen atoms in total. The van der Waals surface area contributed by atoms with E-state index in [1.807, 2.05) is 0 Å². The number of carboxylic acids is 1. The van der Waals surface area contributed by atoms with E-state index in [0.717, 1.165) is 0 Å².